The highest BCUT2D eigenvalue weighted by atomic mass is 32.2. The maximum atomic E-state index is 14.2. The first-order valence-electron chi connectivity index (χ1n) is 7.43. The lowest BCUT2D eigenvalue weighted by Gasteiger charge is -2.08. The topological polar surface area (TPSA) is 53.1 Å². The van der Waals surface area contributed by atoms with Gasteiger partial charge in [0.1, 0.15) is 5.82 Å². The molecule has 0 saturated carbocycles. The van der Waals surface area contributed by atoms with Crippen LogP contribution < -0.4 is 5.32 Å². The fourth-order valence-corrected chi connectivity index (χ4v) is 2.75. The Bertz CT molecular complexity index is 858. The van der Waals surface area contributed by atoms with E-state index in [1.54, 1.807) is 18.2 Å². The minimum absolute atomic E-state index is 0.292. The summed E-state index contributed by atoms with van der Waals surface area (Å²) in [5.74, 6) is 0.172. The number of halogens is 1. The number of H-pyrrole nitrogens is 1. The third kappa shape index (κ3) is 3.49. The first-order valence-corrected chi connectivity index (χ1v) is 8.66. The molecule has 0 radical (unpaired) electrons. The molecular weight excluding hydrogens is 323 g/mol. The second kappa shape index (κ2) is 7.31. The van der Waals surface area contributed by atoms with Crippen LogP contribution in [0, 0.1) is 12.7 Å². The van der Waals surface area contributed by atoms with Gasteiger partial charge in [-0.1, -0.05) is 48.2 Å². The van der Waals surface area contributed by atoms with Gasteiger partial charge in [-0.25, -0.2) is 9.38 Å². The number of rotatable bonds is 3. The Labute approximate surface area is 144 Å². The first-order chi connectivity index (χ1) is 11.7. The largest absolute Gasteiger partial charge is 0.335 e. The SMILES string of the molecule is CSC(=Nc1n[nH]c(C)c1-c1ccccc1F)Nc1ccccc1. The second-order valence-electron chi connectivity index (χ2n) is 5.14. The summed E-state index contributed by atoms with van der Waals surface area (Å²) in [6.07, 6.45) is 1.93. The number of hydrogen-bond donors (Lipinski definition) is 2. The van der Waals surface area contributed by atoms with Crippen molar-refractivity contribution in [2.24, 2.45) is 4.99 Å². The molecule has 0 spiro atoms. The van der Waals surface area contributed by atoms with E-state index >= 15 is 0 Å². The lowest BCUT2D eigenvalue weighted by Crippen LogP contribution is -2.06. The van der Waals surface area contributed by atoms with E-state index in [-0.39, 0.29) is 5.82 Å². The van der Waals surface area contributed by atoms with Gasteiger partial charge in [-0.2, -0.15) is 5.10 Å². The molecule has 0 atom stereocenters. The number of thioether (sulfide) groups is 1. The summed E-state index contributed by atoms with van der Waals surface area (Å²) >= 11 is 1.47. The summed E-state index contributed by atoms with van der Waals surface area (Å²) in [6, 6.07) is 16.4. The number of aliphatic imine (C=N–C) groups is 1. The van der Waals surface area contributed by atoms with Gasteiger partial charge < -0.3 is 5.32 Å². The van der Waals surface area contributed by atoms with E-state index in [9.17, 15) is 4.39 Å². The van der Waals surface area contributed by atoms with E-state index in [1.807, 2.05) is 43.5 Å². The Balaban J connectivity index is 1.99. The van der Waals surface area contributed by atoms with Crippen LogP contribution in [-0.4, -0.2) is 21.6 Å². The molecule has 0 fully saturated rings. The Kier molecular flexibility index (Phi) is 4.96. The fraction of sp³-hybridized carbons (Fsp3) is 0.111. The summed E-state index contributed by atoms with van der Waals surface area (Å²) in [4.78, 5) is 4.57. The highest BCUT2D eigenvalue weighted by Crippen LogP contribution is 2.33. The number of amidine groups is 1. The third-order valence-corrected chi connectivity index (χ3v) is 4.08. The quantitative estimate of drug-likeness (QED) is 0.522. The van der Waals surface area contributed by atoms with Crippen molar-refractivity contribution in [3.05, 3.63) is 66.1 Å². The number of nitrogens with zero attached hydrogens (tertiary/aromatic N) is 2. The number of aryl methyl sites for hydroxylation is 1. The predicted molar refractivity (Wildman–Crippen MR) is 99.4 cm³/mol. The summed E-state index contributed by atoms with van der Waals surface area (Å²) in [6.45, 7) is 1.86. The van der Waals surface area contributed by atoms with Gasteiger partial charge in [-0.05, 0) is 31.4 Å². The number of anilines is 1. The highest BCUT2D eigenvalue weighted by molar-refractivity contribution is 8.13. The van der Waals surface area contributed by atoms with Crippen LogP contribution >= 0.6 is 11.8 Å². The van der Waals surface area contributed by atoms with E-state index < -0.39 is 0 Å². The predicted octanol–water partition coefficient (Wildman–Crippen LogP) is 4.99. The van der Waals surface area contributed by atoms with E-state index in [2.05, 4.69) is 20.5 Å². The van der Waals surface area contributed by atoms with Crippen molar-refractivity contribution in [3.63, 3.8) is 0 Å². The minimum atomic E-state index is -0.292. The van der Waals surface area contributed by atoms with Crippen molar-refractivity contribution < 1.29 is 4.39 Å². The van der Waals surface area contributed by atoms with Gasteiger partial charge in [0.2, 0.25) is 0 Å². The van der Waals surface area contributed by atoms with E-state index in [1.165, 1.54) is 17.8 Å². The van der Waals surface area contributed by atoms with Crippen molar-refractivity contribution in [3.8, 4) is 11.1 Å². The van der Waals surface area contributed by atoms with Gasteiger partial charge in [0.15, 0.2) is 11.0 Å². The van der Waals surface area contributed by atoms with Crippen LogP contribution in [0.25, 0.3) is 11.1 Å². The Morgan fingerprint density at radius 3 is 2.54 bits per heavy atom. The normalized spacial score (nSPS) is 11.5. The molecule has 0 aliphatic carbocycles. The van der Waals surface area contributed by atoms with Gasteiger partial charge in [-0.15, -0.1) is 0 Å². The average molecular weight is 340 g/mol. The number of hydrogen-bond acceptors (Lipinski definition) is 3. The zero-order valence-electron chi connectivity index (χ0n) is 13.4. The number of nitrogens with one attached hydrogen (secondary N) is 2. The van der Waals surface area contributed by atoms with Crippen LogP contribution in [-0.2, 0) is 0 Å². The molecule has 1 heterocycles. The molecule has 3 rings (SSSR count). The standard InChI is InChI=1S/C18H17FN4S/c1-12-16(14-10-6-7-11-15(14)19)17(23-22-12)21-18(24-2)20-13-8-4-3-5-9-13/h3-11H,1-2H3,(H2,20,21,22,23). The van der Waals surface area contributed by atoms with Crippen molar-refractivity contribution in [1.82, 2.24) is 10.2 Å². The Morgan fingerprint density at radius 2 is 1.83 bits per heavy atom. The molecule has 2 aromatic carbocycles. The maximum absolute atomic E-state index is 14.2. The number of aromatic amines is 1. The van der Waals surface area contributed by atoms with E-state index in [0.717, 1.165) is 11.4 Å². The molecule has 0 aliphatic rings. The minimum Gasteiger partial charge on any atom is -0.335 e. The molecule has 2 N–H and O–H groups in total. The highest BCUT2D eigenvalue weighted by Gasteiger charge is 2.16. The number of benzene rings is 2. The third-order valence-electron chi connectivity index (χ3n) is 3.50. The summed E-state index contributed by atoms with van der Waals surface area (Å²) < 4.78 is 14.2. The first kappa shape index (κ1) is 16.3. The Morgan fingerprint density at radius 1 is 1.12 bits per heavy atom. The zero-order valence-corrected chi connectivity index (χ0v) is 14.2. The van der Waals surface area contributed by atoms with Crippen molar-refractivity contribution in [2.75, 3.05) is 11.6 Å². The Hall–Kier alpha value is -2.60. The zero-order chi connectivity index (χ0) is 16.9. The van der Waals surface area contributed by atoms with Crippen molar-refractivity contribution in [2.45, 2.75) is 6.92 Å². The van der Waals surface area contributed by atoms with Gasteiger partial charge in [0, 0.05) is 16.9 Å². The lowest BCUT2D eigenvalue weighted by molar-refractivity contribution is 0.631. The molecule has 0 bridgehead atoms. The molecular formula is C18H17FN4S. The number of aromatic nitrogens is 2. The van der Waals surface area contributed by atoms with Crippen LogP contribution in [0.5, 0.6) is 0 Å². The van der Waals surface area contributed by atoms with Gasteiger partial charge >= 0.3 is 0 Å². The van der Waals surface area contributed by atoms with Crippen LogP contribution in [0.1, 0.15) is 5.69 Å². The van der Waals surface area contributed by atoms with Crippen LogP contribution in [0.4, 0.5) is 15.9 Å². The molecule has 0 amide bonds. The molecule has 4 nitrogen and oxygen atoms in total. The van der Waals surface area contributed by atoms with Crippen LogP contribution in [0.3, 0.4) is 0 Å². The number of para-hydroxylation sites is 1. The molecule has 0 saturated heterocycles. The molecule has 1 aromatic heterocycles. The molecule has 0 unspecified atom stereocenters. The van der Waals surface area contributed by atoms with Gasteiger partial charge in [0.25, 0.3) is 0 Å². The fourth-order valence-electron chi connectivity index (χ4n) is 2.35. The van der Waals surface area contributed by atoms with E-state index in [0.29, 0.717) is 22.1 Å². The average Bonchev–Trinajstić information content (AvgIpc) is 2.96. The monoisotopic (exact) mass is 340 g/mol. The maximum Gasteiger partial charge on any atom is 0.184 e. The smallest absolute Gasteiger partial charge is 0.184 e. The molecule has 6 heteroatoms. The summed E-state index contributed by atoms with van der Waals surface area (Å²) in [5, 5.41) is 11.1. The second-order valence-corrected chi connectivity index (χ2v) is 5.93. The van der Waals surface area contributed by atoms with Crippen LogP contribution in [0.15, 0.2) is 59.6 Å². The summed E-state index contributed by atoms with van der Waals surface area (Å²) in [5.41, 5.74) is 2.88. The van der Waals surface area contributed by atoms with Gasteiger partial charge in [-0.3, -0.25) is 5.10 Å². The lowest BCUT2D eigenvalue weighted by atomic mass is 10.1. The van der Waals surface area contributed by atoms with Crippen LogP contribution in [0.2, 0.25) is 0 Å². The molecule has 0 aliphatic heterocycles. The van der Waals surface area contributed by atoms with Gasteiger partial charge in [0.05, 0.1) is 5.56 Å². The molecule has 24 heavy (non-hydrogen) atoms. The van der Waals surface area contributed by atoms with E-state index in [4.69, 9.17) is 0 Å². The molecule has 122 valence electrons. The van der Waals surface area contributed by atoms with Crippen molar-refractivity contribution >= 4 is 28.4 Å². The van der Waals surface area contributed by atoms with Crippen molar-refractivity contribution in [1.29, 1.82) is 0 Å². The molecule has 3 aromatic rings. The summed E-state index contributed by atoms with van der Waals surface area (Å²) in [7, 11) is 0.